The number of ether oxygens (including phenoxy) is 2. The van der Waals surface area contributed by atoms with Gasteiger partial charge in [-0.25, -0.2) is 0 Å². The van der Waals surface area contributed by atoms with E-state index in [0.29, 0.717) is 51.3 Å². The zero-order chi connectivity index (χ0) is 18.2. The van der Waals surface area contributed by atoms with Gasteiger partial charge in [0.2, 0.25) is 5.91 Å². The predicted octanol–water partition coefficient (Wildman–Crippen LogP) is 1.43. The van der Waals surface area contributed by atoms with Gasteiger partial charge in [0.15, 0.2) is 5.96 Å². The number of rotatable bonds is 13. The molecule has 0 aliphatic heterocycles. The number of hydrogen-bond donors (Lipinski definition) is 3. The second-order valence-corrected chi connectivity index (χ2v) is 6.30. The van der Waals surface area contributed by atoms with Gasteiger partial charge in [-0.05, 0) is 19.3 Å². The van der Waals surface area contributed by atoms with Crippen LogP contribution in [0.2, 0.25) is 0 Å². The fraction of sp³-hybridized carbons (Fsp3) is 0.889. The fourth-order valence-corrected chi connectivity index (χ4v) is 2.70. The predicted molar refractivity (Wildman–Crippen MR) is 101 cm³/mol. The van der Waals surface area contributed by atoms with Crippen molar-refractivity contribution in [3.8, 4) is 0 Å². The van der Waals surface area contributed by atoms with Crippen LogP contribution in [0.5, 0.6) is 0 Å². The summed E-state index contributed by atoms with van der Waals surface area (Å²) < 4.78 is 10.9. The van der Waals surface area contributed by atoms with E-state index in [2.05, 4.69) is 27.9 Å². The number of unbranched alkanes of at least 4 members (excludes halogenated alkanes) is 1. The first kappa shape index (κ1) is 21.7. The van der Waals surface area contributed by atoms with Gasteiger partial charge in [-0.3, -0.25) is 9.79 Å². The van der Waals surface area contributed by atoms with Crippen LogP contribution < -0.4 is 16.0 Å². The summed E-state index contributed by atoms with van der Waals surface area (Å²) in [6.07, 6.45) is 7.40. The van der Waals surface area contributed by atoms with Gasteiger partial charge in [-0.2, -0.15) is 0 Å². The maximum atomic E-state index is 11.9. The van der Waals surface area contributed by atoms with E-state index in [0.717, 1.165) is 32.3 Å². The van der Waals surface area contributed by atoms with E-state index in [4.69, 9.17) is 9.47 Å². The lowest BCUT2D eigenvalue weighted by Gasteiger charge is -2.14. The summed E-state index contributed by atoms with van der Waals surface area (Å²) in [5.41, 5.74) is 0. The minimum Gasteiger partial charge on any atom is -0.379 e. The van der Waals surface area contributed by atoms with Crippen LogP contribution in [-0.2, 0) is 14.3 Å². The van der Waals surface area contributed by atoms with Gasteiger partial charge in [0.05, 0.1) is 19.8 Å². The molecule has 3 N–H and O–H groups in total. The first-order chi connectivity index (χ1) is 12.3. The molecule has 0 spiro atoms. The van der Waals surface area contributed by atoms with Crippen molar-refractivity contribution in [3.63, 3.8) is 0 Å². The van der Waals surface area contributed by atoms with E-state index in [1.807, 2.05) is 0 Å². The van der Waals surface area contributed by atoms with Gasteiger partial charge in [0.1, 0.15) is 0 Å². The average molecular weight is 357 g/mol. The van der Waals surface area contributed by atoms with Crippen molar-refractivity contribution in [1.82, 2.24) is 16.0 Å². The Kier molecular flexibility index (Phi) is 13.0. The van der Waals surface area contributed by atoms with Gasteiger partial charge >= 0.3 is 0 Å². The average Bonchev–Trinajstić information content (AvgIpc) is 3.11. The molecule has 1 rings (SSSR count). The molecule has 146 valence electrons. The second kappa shape index (κ2) is 15.0. The molecule has 25 heavy (non-hydrogen) atoms. The Morgan fingerprint density at radius 1 is 1.04 bits per heavy atom. The van der Waals surface area contributed by atoms with Gasteiger partial charge in [0.25, 0.3) is 0 Å². The van der Waals surface area contributed by atoms with E-state index in [9.17, 15) is 4.79 Å². The van der Waals surface area contributed by atoms with Crippen LogP contribution in [0.15, 0.2) is 4.99 Å². The number of aliphatic imine (C=N–C) groups is 1. The lowest BCUT2D eigenvalue weighted by atomic mass is 10.2. The molecule has 1 amide bonds. The molecular formula is C18H36N4O3. The van der Waals surface area contributed by atoms with Crippen molar-refractivity contribution >= 4 is 11.9 Å². The standard InChI is InChI=1S/C18H36N4O3/c1-3-4-12-24-14-15-25-13-11-21-18(19-2)20-10-9-17(23)22-16-7-5-6-8-16/h16H,3-15H2,1-2H3,(H,22,23)(H2,19,20,21). The highest BCUT2D eigenvalue weighted by Gasteiger charge is 2.16. The van der Waals surface area contributed by atoms with Crippen LogP contribution in [0, 0.1) is 0 Å². The molecule has 0 aromatic heterocycles. The summed E-state index contributed by atoms with van der Waals surface area (Å²) in [7, 11) is 1.72. The third kappa shape index (κ3) is 11.8. The maximum Gasteiger partial charge on any atom is 0.221 e. The number of guanidine groups is 1. The summed E-state index contributed by atoms with van der Waals surface area (Å²) in [6, 6.07) is 0.382. The number of amides is 1. The van der Waals surface area contributed by atoms with Crippen molar-refractivity contribution in [3.05, 3.63) is 0 Å². The van der Waals surface area contributed by atoms with Crippen LogP contribution in [0.25, 0.3) is 0 Å². The van der Waals surface area contributed by atoms with E-state index >= 15 is 0 Å². The SMILES string of the molecule is CCCCOCCOCCNC(=NC)NCCC(=O)NC1CCCC1. The number of carbonyl (C=O) groups is 1. The van der Waals surface area contributed by atoms with Crippen molar-refractivity contribution < 1.29 is 14.3 Å². The quantitative estimate of drug-likeness (QED) is 0.264. The lowest BCUT2D eigenvalue weighted by molar-refractivity contribution is -0.121. The monoisotopic (exact) mass is 356 g/mol. The van der Waals surface area contributed by atoms with Crippen molar-refractivity contribution in [2.75, 3.05) is 46.6 Å². The van der Waals surface area contributed by atoms with E-state index < -0.39 is 0 Å². The Bertz CT molecular complexity index is 371. The third-order valence-electron chi connectivity index (χ3n) is 4.14. The van der Waals surface area contributed by atoms with Gasteiger partial charge in [-0.15, -0.1) is 0 Å². The Morgan fingerprint density at radius 3 is 2.40 bits per heavy atom. The molecule has 0 aromatic rings. The molecule has 0 bridgehead atoms. The van der Waals surface area contributed by atoms with Gasteiger partial charge in [0, 0.05) is 39.2 Å². The van der Waals surface area contributed by atoms with Crippen molar-refractivity contribution in [1.29, 1.82) is 0 Å². The summed E-state index contributed by atoms with van der Waals surface area (Å²) >= 11 is 0. The molecule has 1 aliphatic carbocycles. The maximum absolute atomic E-state index is 11.9. The third-order valence-corrected chi connectivity index (χ3v) is 4.14. The molecule has 0 aromatic carbocycles. The molecule has 7 nitrogen and oxygen atoms in total. The highest BCUT2D eigenvalue weighted by Crippen LogP contribution is 2.17. The Labute approximate surface area is 152 Å². The molecule has 0 saturated heterocycles. The highest BCUT2D eigenvalue weighted by molar-refractivity contribution is 5.81. The summed E-state index contributed by atoms with van der Waals surface area (Å²) in [4.78, 5) is 16.0. The molecule has 1 aliphatic rings. The smallest absolute Gasteiger partial charge is 0.221 e. The molecule has 0 unspecified atom stereocenters. The number of nitrogens with zero attached hydrogens (tertiary/aromatic N) is 1. The van der Waals surface area contributed by atoms with Crippen LogP contribution in [0.3, 0.4) is 0 Å². The summed E-state index contributed by atoms with van der Waals surface area (Å²) in [5.74, 6) is 0.803. The zero-order valence-electron chi connectivity index (χ0n) is 15.9. The summed E-state index contributed by atoms with van der Waals surface area (Å²) in [5, 5.41) is 9.40. The fourth-order valence-electron chi connectivity index (χ4n) is 2.70. The zero-order valence-corrected chi connectivity index (χ0v) is 15.9. The first-order valence-electron chi connectivity index (χ1n) is 9.65. The van der Waals surface area contributed by atoms with Crippen LogP contribution in [0.4, 0.5) is 0 Å². The molecular weight excluding hydrogens is 320 g/mol. The van der Waals surface area contributed by atoms with Crippen molar-refractivity contribution in [2.24, 2.45) is 4.99 Å². The molecule has 0 heterocycles. The first-order valence-corrected chi connectivity index (χ1v) is 9.65. The topological polar surface area (TPSA) is 84.0 Å². The van der Waals surface area contributed by atoms with Crippen LogP contribution in [0.1, 0.15) is 51.9 Å². The van der Waals surface area contributed by atoms with E-state index in [-0.39, 0.29) is 5.91 Å². The van der Waals surface area contributed by atoms with E-state index in [1.165, 1.54) is 12.8 Å². The molecule has 1 fully saturated rings. The van der Waals surface area contributed by atoms with Gasteiger partial charge in [-0.1, -0.05) is 26.2 Å². The van der Waals surface area contributed by atoms with Gasteiger partial charge < -0.3 is 25.4 Å². The van der Waals surface area contributed by atoms with Crippen LogP contribution in [-0.4, -0.2) is 64.5 Å². The number of hydrogen-bond acceptors (Lipinski definition) is 4. The number of carbonyl (C=O) groups excluding carboxylic acids is 1. The molecule has 0 radical (unpaired) electrons. The van der Waals surface area contributed by atoms with E-state index in [1.54, 1.807) is 7.05 Å². The Hall–Kier alpha value is -1.34. The Morgan fingerprint density at radius 2 is 1.72 bits per heavy atom. The molecule has 7 heteroatoms. The largest absolute Gasteiger partial charge is 0.379 e. The minimum absolute atomic E-state index is 0.112. The molecule has 1 saturated carbocycles. The lowest BCUT2D eigenvalue weighted by Crippen LogP contribution is -2.41. The summed E-state index contributed by atoms with van der Waals surface area (Å²) in [6.45, 7) is 6.05. The normalized spacial score (nSPS) is 15.4. The number of nitrogens with one attached hydrogen (secondary N) is 3. The second-order valence-electron chi connectivity index (χ2n) is 6.30. The van der Waals surface area contributed by atoms with Crippen molar-refractivity contribution in [2.45, 2.75) is 57.9 Å². The highest BCUT2D eigenvalue weighted by atomic mass is 16.5. The molecule has 0 atom stereocenters. The Balaban J connectivity index is 1.94. The van der Waals surface area contributed by atoms with Crippen LogP contribution >= 0.6 is 0 Å². The minimum atomic E-state index is 0.112.